The zero-order chi connectivity index (χ0) is 43.8. The molecule has 1 amide bonds. The molecule has 6 nitrogen and oxygen atoms in total. The third-order valence-electron chi connectivity index (χ3n) is 12.0. The number of nitrogens with one attached hydrogen (secondary N) is 1. The summed E-state index contributed by atoms with van der Waals surface area (Å²) in [7, 11) is 0. The van der Waals surface area contributed by atoms with Crippen molar-refractivity contribution in [2.24, 2.45) is 0 Å². The van der Waals surface area contributed by atoms with Crippen LogP contribution in [0, 0.1) is 0 Å². The molecule has 0 saturated carbocycles. The Morgan fingerprint density at radius 2 is 0.900 bits per heavy atom. The van der Waals surface area contributed by atoms with Crippen LogP contribution in [0.15, 0.2) is 36.5 Å². The van der Waals surface area contributed by atoms with Crippen molar-refractivity contribution < 1.29 is 24.5 Å². The molecule has 6 heteroatoms. The van der Waals surface area contributed by atoms with Gasteiger partial charge >= 0.3 is 5.97 Å². The van der Waals surface area contributed by atoms with E-state index in [4.69, 9.17) is 4.74 Å². The van der Waals surface area contributed by atoms with Crippen LogP contribution in [0.3, 0.4) is 0 Å². The van der Waals surface area contributed by atoms with Crippen molar-refractivity contribution in [3.8, 4) is 0 Å². The molecule has 0 heterocycles. The highest BCUT2D eigenvalue weighted by molar-refractivity contribution is 5.77. The number of esters is 1. The molecule has 0 aliphatic rings. The lowest BCUT2D eigenvalue weighted by Gasteiger charge is -2.24. The number of hydrogen-bond donors (Lipinski definition) is 3. The minimum absolute atomic E-state index is 0.0582. The van der Waals surface area contributed by atoms with Gasteiger partial charge in [0.25, 0.3) is 0 Å². The van der Waals surface area contributed by atoms with Gasteiger partial charge in [-0.25, -0.2) is 0 Å². The summed E-state index contributed by atoms with van der Waals surface area (Å²) in [5.41, 5.74) is 0. The minimum Gasteiger partial charge on any atom is -0.462 e. The molecule has 3 atom stereocenters. The quantitative estimate of drug-likeness (QED) is 0.0322. The van der Waals surface area contributed by atoms with Crippen LogP contribution in [0.5, 0.6) is 0 Å². The summed E-state index contributed by atoms with van der Waals surface area (Å²) in [5, 5.41) is 23.7. The van der Waals surface area contributed by atoms with E-state index in [0.29, 0.717) is 19.3 Å². The van der Waals surface area contributed by atoms with Crippen LogP contribution in [-0.2, 0) is 14.3 Å². The zero-order valence-electron chi connectivity index (χ0n) is 40.1. The van der Waals surface area contributed by atoms with Crippen LogP contribution in [0.25, 0.3) is 0 Å². The minimum atomic E-state index is -0.793. The Morgan fingerprint density at radius 3 is 1.35 bits per heavy atom. The number of carbonyl (C=O) groups is 2. The van der Waals surface area contributed by atoms with Crippen molar-refractivity contribution in [3.05, 3.63) is 36.5 Å². The Hall–Kier alpha value is -1.92. The number of hydrogen-bond acceptors (Lipinski definition) is 5. The fourth-order valence-electron chi connectivity index (χ4n) is 8.08. The summed E-state index contributed by atoms with van der Waals surface area (Å²) in [6, 6.07) is -0.709. The third-order valence-corrected chi connectivity index (χ3v) is 12.0. The van der Waals surface area contributed by atoms with Gasteiger partial charge in [-0.15, -0.1) is 0 Å². The van der Waals surface area contributed by atoms with Crippen LogP contribution in [0.1, 0.15) is 271 Å². The van der Waals surface area contributed by atoms with Crippen molar-refractivity contribution in [1.29, 1.82) is 0 Å². The van der Waals surface area contributed by atoms with E-state index in [-0.39, 0.29) is 24.9 Å². The van der Waals surface area contributed by atoms with Gasteiger partial charge < -0.3 is 20.3 Å². The van der Waals surface area contributed by atoms with Crippen molar-refractivity contribution in [1.82, 2.24) is 5.32 Å². The number of aliphatic hydroxyl groups excluding tert-OH is 2. The Balaban J connectivity index is 4.49. The van der Waals surface area contributed by atoms with Crippen molar-refractivity contribution >= 4 is 11.9 Å². The van der Waals surface area contributed by atoms with Crippen LogP contribution >= 0.6 is 0 Å². The van der Waals surface area contributed by atoms with E-state index in [9.17, 15) is 19.8 Å². The summed E-state index contributed by atoms with van der Waals surface area (Å²) in [5.74, 6) is -0.498. The number of carbonyl (C=O) groups excluding carboxylic acids is 2. The van der Waals surface area contributed by atoms with Crippen LogP contribution in [0.2, 0.25) is 0 Å². The monoisotopic (exact) mass is 844 g/mol. The van der Waals surface area contributed by atoms with E-state index >= 15 is 0 Å². The lowest BCUT2D eigenvalue weighted by atomic mass is 10.0. The molecular weight excluding hydrogens is 743 g/mol. The molecular formula is C54H101NO5. The number of ether oxygens (including phenoxy) is 1. The number of amides is 1. The summed E-state index contributed by atoms with van der Waals surface area (Å²) < 4.78 is 5.92. The molecule has 0 aliphatic carbocycles. The Kier molecular flexibility index (Phi) is 46.6. The van der Waals surface area contributed by atoms with E-state index in [1.807, 2.05) is 6.08 Å². The third kappa shape index (κ3) is 42.8. The van der Waals surface area contributed by atoms with E-state index in [0.717, 1.165) is 70.6 Å². The first-order valence-corrected chi connectivity index (χ1v) is 26.2. The Bertz CT molecular complexity index is 993. The highest BCUT2D eigenvalue weighted by Crippen LogP contribution is 2.18. The lowest BCUT2D eigenvalue weighted by molar-refractivity contribution is -0.151. The summed E-state index contributed by atoms with van der Waals surface area (Å²) in [6.07, 6.45) is 56.4. The second-order valence-electron chi connectivity index (χ2n) is 18.0. The number of aliphatic hydroxyl groups is 2. The van der Waals surface area contributed by atoms with E-state index in [1.54, 1.807) is 0 Å². The molecule has 0 saturated heterocycles. The number of unbranched alkanes of at least 4 members (excludes halogenated alkanes) is 31. The van der Waals surface area contributed by atoms with Crippen molar-refractivity contribution in [2.75, 3.05) is 6.61 Å². The zero-order valence-corrected chi connectivity index (χ0v) is 40.1. The average molecular weight is 844 g/mol. The van der Waals surface area contributed by atoms with Gasteiger partial charge in [0.15, 0.2) is 0 Å². The molecule has 0 radical (unpaired) electrons. The molecule has 0 aliphatic heterocycles. The Morgan fingerprint density at radius 1 is 0.500 bits per heavy atom. The number of allylic oxidation sites excluding steroid dienone is 6. The normalized spacial score (nSPS) is 13.5. The standard InChI is InChI=1S/C54H101NO5/c1-4-7-10-13-16-19-22-24-25-26-27-28-29-32-35-38-41-44-47-54(59)60-50(45-42-39-36-33-30-21-18-15-12-9-6-3)48-53(58)55-51(49-56)52(57)46-43-40-37-34-31-23-20-17-14-11-8-5-2/h9,12,15,18,21,30,50-52,56-57H,4-8,10-11,13-14,16-17,19-20,22-29,31-49H2,1-3H3,(H,55,58)/b12-9+,18-15+,30-21-. The molecule has 60 heavy (non-hydrogen) atoms. The maximum atomic E-state index is 13.2. The molecule has 0 fully saturated rings. The molecule has 3 unspecified atom stereocenters. The molecule has 0 bridgehead atoms. The van der Waals surface area contributed by atoms with E-state index in [2.05, 4.69) is 56.5 Å². The Labute approximate surface area is 373 Å². The maximum Gasteiger partial charge on any atom is 0.306 e. The molecule has 0 rings (SSSR count). The lowest BCUT2D eigenvalue weighted by Crippen LogP contribution is -2.46. The average Bonchev–Trinajstić information content (AvgIpc) is 3.24. The maximum absolute atomic E-state index is 13.2. The van der Waals surface area contributed by atoms with E-state index < -0.39 is 18.2 Å². The fraction of sp³-hybridized carbons (Fsp3) is 0.852. The fourth-order valence-corrected chi connectivity index (χ4v) is 8.08. The molecule has 0 aromatic rings. The first kappa shape index (κ1) is 58.1. The van der Waals surface area contributed by atoms with Gasteiger partial charge in [0.1, 0.15) is 6.10 Å². The predicted molar refractivity (Wildman–Crippen MR) is 259 cm³/mol. The van der Waals surface area contributed by atoms with Crippen LogP contribution < -0.4 is 5.32 Å². The second kappa shape index (κ2) is 48.1. The van der Waals surface area contributed by atoms with Crippen molar-refractivity contribution in [2.45, 2.75) is 289 Å². The predicted octanol–water partition coefficient (Wildman–Crippen LogP) is 15.7. The summed E-state index contributed by atoms with van der Waals surface area (Å²) in [6.45, 7) is 6.35. The second-order valence-corrected chi connectivity index (χ2v) is 18.0. The smallest absolute Gasteiger partial charge is 0.306 e. The summed E-state index contributed by atoms with van der Waals surface area (Å²) >= 11 is 0. The highest BCUT2D eigenvalue weighted by Gasteiger charge is 2.24. The molecule has 3 N–H and O–H groups in total. The van der Waals surface area contributed by atoms with E-state index in [1.165, 1.54) is 154 Å². The molecule has 0 aromatic carbocycles. The summed E-state index contributed by atoms with van der Waals surface area (Å²) in [4.78, 5) is 26.1. The van der Waals surface area contributed by atoms with Gasteiger partial charge in [-0.3, -0.25) is 9.59 Å². The first-order valence-electron chi connectivity index (χ1n) is 26.2. The first-order chi connectivity index (χ1) is 29.5. The van der Waals surface area contributed by atoms with Gasteiger partial charge in [-0.1, -0.05) is 250 Å². The van der Waals surface area contributed by atoms with Crippen molar-refractivity contribution in [3.63, 3.8) is 0 Å². The van der Waals surface area contributed by atoms with Gasteiger partial charge in [-0.2, -0.15) is 0 Å². The van der Waals surface area contributed by atoms with Crippen LogP contribution in [0.4, 0.5) is 0 Å². The largest absolute Gasteiger partial charge is 0.462 e. The SMILES string of the molecule is CC/C=C/C=C/C=C\CCCCCC(CC(=O)NC(CO)C(O)CCCCCCCCCCCCCC)OC(=O)CCCCCCCCCCCCCCCCCCCC. The molecule has 0 aromatic heterocycles. The number of rotatable bonds is 47. The van der Waals surface area contributed by atoms with Gasteiger partial charge in [0.2, 0.25) is 5.91 Å². The van der Waals surface area contributed by atoms with Gasteiger partial charge in [-0.05, 0) is 44.9 Å². The molecule has 352 valence electrons. The topological polar surface area (TPSA) is 95.9 Å². The highest BCUT2D eigenvalue weighted by atomic mass is 16.5. The molecule has 0 spiro atoms. The van der Waals surface area contributed by atoms with Gasteiger partial charge in [0, 0.05) is 6.42 Å². The van der Waals surface area contributed by atoms with Crippen LogP contribution in [-0.4, -0.2) is 46.9 Å². The van der Waals surface area contributed by atoms with Gasteiger partial charge in [0.05, 0.1) is 25.2 Å².